The van der Waals surface area contributed by atoms with E-state index in [0.29, 0.717) is 5.82 Å². The molecular formula is C16H17ClN2O2. The second-order valence-electron chi connectivity index (χ2n) is 5.72. The zero-order valence-electron chi connectivity index (χ0n) is 12.5. The second kappa shape index (κ2) is 5.82. The van der Waals surface area contributed by atoms with Crippen molar-refractivity contribution < 1.29 is 9.53 Å². The molecule has 0 N–H and O–H groups in total. The van der Waals surface area contributed by atoms with E-state index >= 15 is 0 Å². The van der Waals surface area contributed by atoms with Crippen molar-refractivity contribution in [3.05, 3.63) is 46.7 Å². The van der Waals surface area contributed by atoms with E-state index in [1.54, 1.807) is 0 Å². The molecule has 21 heavy (non-hydrogen) atoms. The summed E-state index contributed by atoms with van der Waals surface area (Å²) in [5.74, 6) is -0.0669. The molecule has 2 aromatic rings. The van der Waals surface area contributed by atoms with Gasteiger partial charge in [0.05, 0.1) is 7.11 Å². The molecule has 5 heteroatoms. The molecule has 1 heterocycles. The van der Waals surface area contributed by atoms with E-state index in [1.807, 2.05) is 24.3 Å². The summed E-state index contributed by atoms with van der Waals surface area (Å²) in [5.41, 5.74) is 2.32. The van der Waals surface area contributed by atoms with Gasteiger partial charge in [-0.15, -0.1) is 0 Å². The minimum atomic E-state index is -0.547. The minimum Gasteiger partial charge on any atom is -0.465 e. The van der Waals surface area contributed by atoms with Crippen molar-refractivity contribution in [3.63, 3.8) is 0 Å². The summed E-state index contributed by atoms with van der Waals surface area (Å²) < 4.78 is 4.61. The molecule has 0 saturated heterocycles. The maximum atomic E-state index is 11.5. The SMILES string of the molecule is COC(=O)c1cnc(-c2ccc(C(C)(C)C)cc2)nc1Cl. The number of hydrogen-bond donors (Lipinski definition) is 0. The van der Waals surface area contributed by atoms with Crippen LogP contribution in [0.1, 0.15) is 36.7 Å². The Morgan fingerprint density at radius 2 is 1.81 bits per heavy atom. The van der Waals surface area contributed by atoms with Crippen LogP contribution in [0.15, 0.2) is 30.5 Å². The van der Waals surface area contributed by atoms with Crippen LogP contribution in [-0.4, -0.2) is 23.0 Å². The van der Waals surface area contributed by atoms with Crippen LogP contribution in [0.25, 0.3) is 11.4 Å². The first-order valence-corrected chi connectivity index (χ1v) is 6.92. The average Bonchev–Trinajstić information content (AvgIpc) is 2.45. The van der Waals surface area contributed by atoms with Gasteiger partial charge in [0.1, 0.15) is 10.7 Å². The van der Waals surface area contributed by atoms with Crippen molar-refractivity contribution >= 4 is 17.6 Å². The van der Waals surface area contributed by atoms with Gasteiger partial charge in [-0.2, -0.15) is 0 Å². The van der Waals surface area contributed by atoms with Gasteiger partial charge in [-0.1, -0.05) is 56.6 Å². The highest BCUT2D eigenvalue weighted by Crippen LogP contribution is 2.25. The first-order chi connectivity index (χ1) is 9.82. The standard InChI is InChI=1S/C16H17ClN2O2/c1-16(2,3)11-7-5-10(6-8-11)14-18-9-12(13(17)19-14)15(20)21-4/h5-9H,1-4H3. The topological polar surface area (TPSA) is 52.1 Å². The number of hydrogen-bond acceptors (Lipinski definition) is 4. The van der Waals surface area contributed by atoms with Crippen LogP contribution in [0, 0.1) is 0 Å². The number of benzene rings is 1. The molecule has 1 aromatic carbocycles. The summed E-state index contributed by atoms with van der Waals surface area (Å²) in [6.07, 6.45) is 1.38. The number of esters is 1. The van der Waals surface area contributed by atoms with Crippen LogP contribution >= 0.6 is 11.6 Å². The van der Waals surface area contributed by atoms with Crippen LogP contribution in [-0.2, 0) is 10.2 Å². The Kier molecular flexibility index (Phi) is 4.28. The van der Waals surface area contributed by atoms with Gasteiger partial charge < -0.3 is 4.74 Å². The van der Waals surface area contributed by atoms with Crippen LogP contribution in [0.4, 0.5) is 0 Å². The summed E-state index contributed by atoms with van der Waals surface area (Å²) in [7, 11) is 1.29. The normalized spacial score (nSPS) is 11.3. The van der Waals surface area contributed by atoms with Crippen molar-refractivity contribution in [1.82, 2.24) is 9.97 Å². The first-order valence-electron chi connectivity index (χ1n) is 6.54. The fourth-order valence-electron chi connectivity index (χ4n) is 1.87. The number of carbonyl (C=O) groups is 1. The lowest BCUT2D eigenvalue weighted by molar-refractivity contribution is 0.0600. The van der Waals surface area contributed by atoms with Gasteiger partial charge in [0.15, 0.2) is 5.82 Å². The smallest absolute Gasteiger partial charge is 0.342 e. The molecule has 0 saturated carbocycles. The van der Waals surface area contributed by atoms with E-state index in [2.05, 4.69) is 35.5 Å². The van der Waals surface area contributed by atoms with Crippen LogP contribution in [0.2, 0.25) is 5.15 Å². The van der Waals surface area contributed by atoms with Crippen LogP contribution in [0.3, 0.4) is 0 Å². The molecule has 1 aromatic heterocycles. The number of ether oxygens (including phenoxy) is 1. The Labute approximate surface area is 129 Å². The van der Waals surface area contributed by atoms with Gasteiger partial charge in [-0.25, -0.2) is 14.8 Å². The lowest BCUT2D eigenvalue weighted by Crippen LogP contribution is -2.10. The number of carbonyl (C=O) groups excluding carboxylic acids is 1. The molecule has 0 aliphatic carbocycles. The van der Waals surface area contributed by atoms with Crippen LogP contribution < -0.4 is 0 Å². The van der Waals surface area contributed by atoms with Crippen molar-refractivity contribution in [2.45, 2.75) is 26.2 Å². The molecule has 0 amide bonds. The molecule has 0 aliphatic heterocycles. The zero-order valence-corrected chi connectivity index (χ0v) is 13.2. The quantitative estimate of drug-likeness (QED) is 0.624. The summed E-state index contributed by atoms with van der Waals surface area (Å²) in [6.45, 7) is 6.46. The first kappa shape index (κ1) is 15.4. The third-order valence-electron chi connectivity index (χ3n) is 3.16. The Bertz CT molecular complexity index is 661. The third-order valence-corrected chi connectivity index (χ3v) is 3.44. The zero-order chi connectivity index (χ0) is 15.6. The highest BCUT2D eigenvalue weighted by molar-refractivity contribution is 6.32. The van der Waals surface area contributed by atoms with Gasteiger partial charge >= 0.3 is 5.97 Å². The molecule has 0 aliphatic rings. The van der Waals surface area contributed by atoms with Gasteiger partial charge in [-0.3, -0.25) is 0 Å². The summed E-state index contributed by atoms with van der Waals surface area (Å²) in [5, 5.41) is 0.0896. The van der Waals surface area contributed by atoms with E-state index in [-0.39, 0.29) is 16.1 Å². The summed E-state index contributed by atoms with van der Waals surface area (Å²) >= 11 is 6.00. The second-order valence-corrected chi connectivity index (χ2v) is 6.08. The molecule has 4 nitrogen and oxygen atoms in total. The molecule has 2 rings (SSSR count). The van der Waals surface area contributed by atoms with E-state index in [0.717, 1.165) is 5.56 Å². The fraction of sp³-hybridized carbons (Fsp3) is 0.312. The Balaban J connectivity index is 2.35. The minimum absolute atomic E-state index is 0.0891. The van der Waals surface area contributed by atoms with Gasteiger partial charge in [0, 0.05) is 11.8 Å². The number of aromatic nitrogens is 2. The fourth-order valence-corrected chi connectivity index (χ4v) is 2.07. The van der Waals surface area contributed by atoms with E-state index in [1.165, 1.54) is 18.9 Å². The molecular weight excluding hydrogens is 288 g/mol. The van der Waals surface area contributed by atoms with Crippen molar-refractivity contribution in [1.29, 1.82) is 0 Å². The molecule has 0 spiro atoms. The van der Waals surface area contributed by atoms with E-state index in [4.69, 9.17) is 11.6 Å². The Hall–Kier alpha value is -1.94. The largest absolute Gasteiger partial charge is 0.465 e. The molecule has 0 unspecified atom stereocenters. The van der Waals surface area contributed by atoms with Crippen molar-refractivity contribution in [2.24, 2.45) is 0 Å². The number of halogens is 1. The summed E-state index contributed by atoms with van der Waals surface area (Å²) in [4.78, 5) is 19.8. The predicted molar refractivity (Wildman–Crippen MR) is 82.5 cm³/mol. The Morgan fingerprint density at radius 1 is 1.19 bits per heavy atom. The van der Waals surface area contributed by atoms with Crippen LogP contribution in [0.5, 0.6) is 0 Å². The highest BCUT2D eigenvalue weighted by atomic mass is 35.5. The van der Waals surface area contributed by atoms with Gasteiger partial charge in [0.25, 0.3) is 0 Å². The third kappa shape index (κ3) is 3.39. The Morgan fingerprint density at radius 3 is 2.29 bits per heavy atom. The number of methoxy groups -OCH3 is 1. The number of rotatable bonds is 2. The van der Waals surface area contributed by atoms with Gasteiger partial charge in [0.2, 0.25) is 0 Å². The van der Waals surface area contributed by atoms with Gasteiger partial charge in [-0.05, 0) is 11.0 Å². The maximum absolute atomic E-state index is 11.5. The number of nitrogens with zero attached hydrogens (tertiary/aromatic N) is 2. The molecule has 0 atom stereocenters. The summed E-state index contributed by atoms with van der Waals surface area (Å²) in [6, 6.07) is 7.98. The molecule has 0 fully saturated rings. The lowest BCUT2D eigenvalue weighted by Gasteiger charge is -2.19. The lowest BCUT2D eigenvalue weighted by atomic mass is 9.87. The molecule has 110 valence electrons. The molecule has 0 radical (unpaired) electrons. The monoisotopic (exact) mass is 304 g/mol. The van der Waals surface area contributed by atoms with E-state index < -0.39 is 5.97 Å². The average molecular weight is 305 g/mol. The maximum Gasteiger partial charge on any atom is 0.342 e. The molecule has 0 bridgehead atoms. The van der Waals surface area contributed by atoms with E-state index in [9.17, 15) is 4.79 Å². The highest BCUT2D eigenvalue weighted by Gasteiger charge is 2.16. The predicted octanol–water partition coefficient (Wildman–Crippen LogP) is 3.88. The van der Waals surface area contributed by atoms with Crippen molar-refractivity contribution in [3.8, 4) is 11.4 Å². The van der Waals surface area contributed by atoms with Crippen molar-refractivity contribution in [2.75, 3.05) is 7.11 Å².